The minimum absolute atomic E-state index is 0.0722. The molecule has 3 atom stereocenters. The van der Waals surface area contributed by atoms with Crippen molar-refractivity contribution in [3.8, 4) is 0 Å². The molecule has 6 nitrogen and oxygen atoms in total. The third kappa shape index (κ3) is 1.86. The number of fused-ring (bicyclic) bond motifs is 1. The number of hydrogen-bond donors (Lipinski definition) is 0. The lowest BCUT2D eigenvalue weighted by Crippen LogP contribution is -2.49. The van der Waals surface area contributed by atoms with Crippen molar-refractivity contribution >= 4 is 23.8 Å². The number of imide groups is 1. The van der Waals surface area contributed by atoms with Gasteiger partial charge in [0.05, 0.1) is 11.8 Å². The van der Waals surface area contributed by atoms with Gasteiger partial charge in [-0.25, -0.2) is 4.79 Å². The topological polar surface area (TPSA) is 80.8 Å². The number of nitrogens with zero attached hydrogens (tertiary/aromatic N) is 1. The summed E-state index contributed by atoms with van der Waals surface area (Å²) in [5, 5.41) is 0. The molecule has 0 aromatic carbocycles. The van der Waals surface area contributed by atoms with E-state index in [4.69, 9.17) is 0 Å². The van der Waals surface area contributed by atoms with E-state index in [1.54, 1.807) is 0 Å². The molecule has 6 heteroatoms. The van der Waals surface area contributed by atoms with E-state index in [-0.39, 0.29) is 36.5 Å². The van der Waals surface area contributed by atoms with Gasteiger partial charge in [0.1, 0.15) is 6.04 Å². The zero-order valence-corrected chi connectivity index (χ0v) is 10.5. The Morgan fingerprint density at radius 2 is 1.47 bits per heavy atom. The molecule has 2 amide bonds. The predicted molar refractivity (Wildman–Crippen MR) is 61.4 cm³/mol. The predicted octanol–water partition coefficient (Wildman–Crippen LogP) is 0.394. The Labute approximate surface area is 110 Å². The maximum Gasteiger partial charge on any atom is 0.337 e. The Morgan fingerprint density at radius 3 is 2.00 bits per heavy atom. The minimum atomic E-state index is -0.900. The number of carbonyl (C=O) groups excluding carboxylic acids is 4. The largest absolute Gasteiger partial charge is 0.392 e. The molecule has 0 radical (unpaired) electrons. The molecule has 19 heavy (non-hydrogen) atoms. The van der Waals surface area contributed by atoms with Gasteiger partial charge in [0.25, 0.3) is 0 Å². The summed E-state index contributed by atoms with van der Waals surface area (Å²) in [6, 6.07) is -0.900. The molecule has 0 spiro atoms. The van der Waals surface area contributed by atoms with E-state index in [2.05, 4.69) is 4.74 Å². The van der Waals surface area contributed by atoms with Gasteiger partial charge in [0, 0.05) is 6.42 Å². The zero-order chi connectivity index (χ0) is 13.6. The summed E-state index contributed by atoms with van der Waals surface area (Å²) < 4.78 is 4.54. The second-order valence-corrected chi connectivity index (χ2v) is 5.39. The molecule has 0 bridgehead atoms. The fourth-order valence-corrected chi connectivity index (χ4v) is 3.33. The highest BCUT2D eigenvalue weighted by atomic mass is 16.6. The molecule has 2 saturated heterocycles. The highest BCUT2D eigenvalue weighted by molar-refractivity contribution is 6.08. The smallest absolute Gasteiger partial charge is 0.337 e. The molecule has 0 aromatic heterocycles. The SMILES string of the molecule is O=C1CC[C@@H](N2C(=O)[C@@H]3CCCC[C@H]3C2=O)C(=O)O1. The van der Waals surface area contributed by atoms with Crippen molar-refractivity contribution in [2.24, 2.45) is 11.8 Å². The summed E-state index contributed by atoms with van der Waals surface area (Å²) in [4.78, 5) is 48.4. The first-order valence-electron chi connectivity index (χ1n) is 6.71. The Balaban J connectivity index is 1.84. The van der Waals surface area contributed by atoms with Crippen LogP contribution >= 0.6 is 0 Å². The summed E-state index contributed by atoms with van der Waals surface area (Å²) in [6.07, 6.45) is 3.58. The van der Waals surface area contributed by atoms with Crippen molar-refractivity contribution in [3.05, 3.63) is 0 Å². The number of carbonyl (C=O) groups is 4. The van der Waals surface area contributed by atoms with Crippen molar-refractivity contribution in [1.29, 1.82) is 0 Å². The van der Waals surface area contributed by atoms with Crippen molar-refractivity contribution in [2.45, 2.75) is 44.6 Å². The number of hydrogen-bond acceptors (Lipinski definition) is 5. The first kappa shape index (κ1) is 12.3. The molecule has 1 aliphatic carbocycles. The molecule has 3 rings (SSSR count). The van der Waals surface area contributed by atoms with Crippen LogP contribution < -0.4 is 0 Å². The Bertz CT molecular complexity index is 448. The van der Waals surface area contributed by atoms with E-state index in [1.807, 2.05) is 0 Å². The molecule has 1 saturated carbocycles. The van der Waals surface area contributed by atoms with Crippen LogP contribution in [0, 0.1) is 11.8 Å². The molecular formula is C13H15NO5. The van der Waals surface area contributed by atoms with E-state index < -0.39 is 18.0 Å². The highest BCUT2D eigenvalue weighted by Crippen LogP contribution is 2.39. The van der Waals surface area contributed by atoms with Crippen LogP contribution in [0.1, 0.15) is 38.5 Å². The second kappa shape index (κ2) is 4.43. The van der Waals surface area contributed by atoms with Crippen LogP contribution in [-0.2, 0) is 23.9 Å². The minimum Gasteiger partial charge on any atom is -0.392 e. The number of ether oxygens (including phenoxy) is 1. The lowest BCUT2D eigenvalue weighted by atomic mass is 9.81. The zero-order valence-electron chi connectivity index (χ0n) is 10.5. The van der Waals surface area contributed by atoms with Crippen LogP contribution in [0.15, 0.2) is 0 Å². The molecule has 2 heterocycles. The van der Waals surface area contributed by atoms with Crippen LogP contribution in [0.2, 0.25) is 0 Å². The summed E-state index contributed by atoms with van der Waals surface area (Å²) in [7, 11) is 0. The maximum absolute atomic E-state index is 12.3. The number of rotatable bonds is 1. The average molecular weight is 265 g/mol. The van der Waals surface area contributed by atoms with Gasteiger partial charge >= 0.3 is 11.9 Å². The molecule has 3 fully saturated rings. The molecule has 3 aliphatic rings. The van der Waals surface area contributed by atoms with Gasteiger partial charge in [-0.15, -0.1) is 0 Å². The van der Waals surface area contributed by atoms with Crippen molar-refractivity contribution in [1.82, 2.24) is 4.90 Å². The standard InChI is InChI=1S/C13H15NO5/c15-10-6-5-9(13(18)19-10)14-11(16)7-3-1-2-4-8(7)12(14)17/h7-9H,1-6H2/t7-,8-,9-/m1/s1. The third-order valence-corrected chi connectivity index (χ3v) is 4.30. The van der Waals surface area contributed by atoms with Crippen LogP contribution in [0.4, 0.5) is 0 Å². The third-order valence-electron chi connectivity index (χ3n) is 4.30. The molecule has 0 aromatic rings. The van der Waals surface area contributed by atoms with Crippen LogP contribution in [0.25, 0.3) is 0 Å². The number of amides is 2. The summed E-state index contributed by atoms with van der Waals surface area (Å²) in [5.74, 6) is -2.41. The fourth-order valence-electron chi connectivity index (χ4n) is 3.33. The van der Waals surface area contributed by atoms with Gasteiger partial charge in [-0.05, 0) is 19.3 Å². The quantitative estimate of drug-likeness (QED) is 0.389. The lowest BCUT2D eigenvalue weighted by Gasteiger charge is -2.27. The highest BCUT2D eigenvalue weighted by Gasteiger charge is 2.53. The van der Waals surface area contributed by atoms with Crippen LogP contribution in [-0.4, -0.2) is 34.7 Å². The van der Waals surface area contributed by atoms with Gasteiger partial charge < -0.3 is 4.74 Å². The van der Waals surface area contributed by atoms with E-state index in [9.17, 15) is 19.2 Å². The Morgan fingerprint density at radius 1 is 0.895 bits per heavy atom. The molecule has 2 aliphatic heterocycles. The van der Waals surface area contributed by atoms with E-state index in [0.717, 1.165) is 17.7 Å². The van der Waals surface area contributed by atoms with Crippen molar-refractivity contribution < 1.29 is 23.9 Å². The fraction of sp³-hybridized carbons (Fsp3) is 0.692. The second-order valence-electron chi connectivity index (χ2n) is 5.39. The van der Waals surface area contributed by atoms with Crippen LogP contribution in [0.3, 0.4) is 0 Å². The Kier molecular flexibility index (Phi) is 2.88. The van der Waals surface area contributed by atoms with E-state index >= 15 is 0 Å². The summed E-state index contributed by atoms with van der Waals surface area (Å²) in [5.41, 5.74) is 0. The number of likely N-dealkylation sites (tertiary alicyclic amines) is 1. The average Bonchev–Trinajstić information content (AvgIpc) is 2.64. The molecule has 0 N–H and O–H groups in total. The summed E-state index contributed by atoms with van der Waals surface area (Å²) >= 11 is 0. The Hall–Kier alpha value is -1.72. The molecule has 0 unspecified atom stereocenters. The number of esters is 2. The first-order valence-corrected chi connectivity index (χ1v) is 6.71. The van der Waals surface area contributed by atoms with E-state index in [1.165, 1.54) is 0 Å². The normalized spacial score (nSPS) is 35.4. The van der Waals surface area contributed by atoms with Crippen molar-refractivity contribution in [3.63, 3.8) is 0 Å². The molecular weight excluding hydrogens is 250 g/mol. The van der Waals surface area contributed by atoms with E-state index in [0.29, 0.717) is 12.8 Å². The van der Waals surface area contributed by atoms with Gasteiger partial charge in [-0.1, -0.05) is 12.8 Å². The van der Waals surface area contributed by atoms with Crippen LogP contribution in [0.5, 0.6) is 0 Å². The van der Waals surface area contributed by atoms with Gasteiger partial charge in [0.15, 0.2) is 0 Å². The van der Waals surface area contributed by atoms with Gasteiger partial charge in [-0.3, -0.25) is 19.3 Å². The first-order chi connectivity index (χ1) is 9.09. The van der Waals surface area contributed by atoms with Gasteiger partial charge in [0.2, 0.25) is 11.8 Å². The maximum atomic E-state index is 12.3. The van der Waals surface area contributed by atoms with Crippen molar-refractivity contribution in [2.75, 3.05) is 0 Å². The number of cyclic esters (lactones) is 2. The molecule has 102 valence electrons. The van der Waals surface area contributed by atoms with Gasteiger partial charge in [-0.2, -0.15) is 0 Å². The lowest BCUT2D eigenvalue weighted by molar-refractivity contribution is -0.172. The summed E-state index contributed by atoms with van der Waals surface area (Å²) in [6.45, 7) is 0. The monoisotopic (exact) mass is 265 g/mol.